The van der Waals surface area contributed by atoms with Crippen LogP contribution in [0.25, 0.3) is 0 Å². The van der Waals surface area contributed by atoms with Crippen molar-refractivity contribution >= 4 is 11.9 Å². The Labute approximate surface area is 212 Å². The van der Waals surface area contributed by atoms with Gasteiger partial charge < -0.3 is 14.6 Å². The highest BCUT2D eigenvalue weighted by Crippen LogP contribution is 2.68. The molecule has 0 amide bonds. The molecule has 5 heteroatoms. The van der Waals surface area contributed by atoms with E-state index in [2.05, 4.69) is 20.8 Å². The van der Waals surface area contributed by atoms with Gasteiger partial charge in [0, 0.05) is 12.8 Å². The molecule has 1 saturated heterocycles. The van der Waals surface area contributed by atoms with Crippen LogP contribution < -0.4 is 0 Å². The lowest BCUT2D eigenvalue weighted by atomic mass is 9.44. The highest BCUT2D eigenvalue weighted by atomic mass is 16.6. The number of esters is 2. The molecule has 0 spiro atoms. The van der Waals surface area contributed by atoms with Gasteiger partial charge in [0.25, 0.3) is 0 Å². The monoisotopic (exact) mass is 488 g/mol. The number of rotatable bonds is 5. The molecule has 1 aliphatic heterocycles. The van der Waals surface area contributed by atoms with Crippen molar-refractivity contribution in [2.24, 2.45) is 46.3 Å². The quantitative estimate of drug-likeness (QED) is 0.476. The Balaban J connectivity index is 1.19. The van der Waals surface area contributed by atoms with E-state index in [0.29, 0.717) is 48.0 Å². The first-order chi connectivity index (χ1) is 16.5. The Morgan fingerprint density at radius 2 is 1.77 bits per heavy atom. The highest BCUT2D eigenvalue weighted by molar-refractivity contribution is 5.74. The summed E-state index contributed by atoms with van der Waals surface area (Å²) in [5.41, 5.74) is 0.113. The summed E-state index contributed by atoms with van der Waals surface area (Å²) >= 11 is 0. The van der Waals surface area contributed by atoms with Crippen molar-refractivity contribution in [2.45, 2.75) is 123 Å². The summed E-state index contributed by atoms with van der Waals surface area (Å²) in [5.74, 6) is 3.97. The molecule has 0 aromatic carbocycles. The minimum Gasteiger partial charge on any atom is -0.465 e. The van der Waals surface area contributed by atoms with Crippen molar-refractivity contribution < 1.29 is 24.2 Å². The molecule has 0 bridgehead atoms. The van der Waals surface area contributed by atoms with Crippen LogP contribution in [0.5, 0.6) is 0 Å². The summed E-state index contributed by atoms with van der Waals surface area (Å²) in [6.07, 6.45) is 13.2. The first-order valence-electron chi connectivity index (χ1n) is 14.6. The molecular weight excluding hydrogens is 440 g/mol. The number of hydrogen-bond acceptors (Lipinski definition) is 5. The molecule has 1 N–H and O–H groups in total. The Kier molecular flexibility index (Phi) is 6.81. The molecular formula is C30H48O5. The molecule has 0 aromatic rings. The van der Waals surface area contributed by atoms with E-state index in [1.807, 2.05) is 6.92 Å². The number of aliphatic hydroxyl groups is 1. The molecule has 35 heavy (non-hydrogen) atoms. The fourth-order valence-corrected chi connectivity index (χ4v) is 10.00. The lowest BCUT2D eigenvalue weighted by Crippen LogP contribution is -2.54. The Morgan fingerprint density at radius 1 is 1.03 bits per heavy atom. The van der Waals surface area contributed by atoms with E-state index in [-0.39, 0.29) is 24.5 Å². The first kappa shape index (κ1) is 25.5. The van der Waals surface area contributed by atoms with Crippen LogP contribution in [0.1, 0.15) is 111 Å². The standard InChI is InChI=1S/C30H48O5/c1-19(5-10-26(32)35-28(2)15-16-34-27(33)18-28)23-8-9-24-22-7-6-20-17-21(31)11-13-29(20,3)25(22)12-14-30(23,24)4/h19-25,31H,5-18H2,1-4H3/t19-,20?,21-,22+,23-,24+,25+,28?,29+,30-/m1/s1. The molecule has 4 aliphatic carbocycles. The van der Waals surface area contributed by atoms with E-state index in [1.165, 1.54) is 44.9 Å². The van der Waals surface area contributed by atoms with Crippen LogP contribution >= 0.6 is 0 Å². The van der Waals surface area contributed by atoms with Gasteiger partial charge in [-0.1, -0.05) is 20.8 Å². The van der Waals surface area contributed by atoms with Gasteiger partial charge in [-0.3, -0.25) is 9.59 Å². The van der Waals surface area contributed by atoms with E-state index in [0.717, 1.165) is 37.0 Å². The third kappa shape index (κ3) is 4.57. The van der Waals surface area contributed by atoms with E-state index >= 15 is 0 Å². The molecule has 5 nitrogen and oxygen atoms in total. The first-order valence-corrected chi connectivity index (χ1v) is 14.6. The Hall–Kier alpha value is -1.10. The maximum atomic E-state index is 12.7. The summed E-state index contributed by atoms with van der Waals surface area (Å²) < 4.78 is 10.8. The number of carbonyl (C=O) groups is 2. The molecule has 10 atom stereocenters. The molecule has 0 aromatic heterocycles. The summed E-state index contributed by atoms with van der Waals surface area (Å²) in [6.45, 7) is 9.70. The van der Waals surface area contributed by atoms with Gasteiger partial charge in [-0.2, -0.15) is 0 Å². The predicted octanol–water partition coefficient (Wildman–Crippen LogP) is 6.06. The van der Waals surface area contributed by atoms with Crippen LogP contribution in [0.2, 0.25) is 0 Å². The maximum Gasteiger partial charge on any atom is 0.309 e. The molecule has 0 radical (unpaired) electrons. The van der Waals surface area contributed by atoms with Gasteiger partial charge in [0.15, 0.2) is 0 Å². The zero-order valence-electron chi connectivity index (χ0n) is 22.5. The highest BCUT2D eigenvalue weighted by Gasteiger charge is 2.60. The normalized spacial score (nSPS) is 48.2. The van der Waals surface area contributed by atoms with Gasteiger partial charge in [-0.05, 0) is 117 Å². The van der Waals surface area contributed by atoms with Crippen molar-refractivity contribution in [3.8, 4) is 0 Å². The van der Waals surface area contributed by atoms with Gasteiger partial charge in [-0.25, -0.2) is 0 Å². The topological polar surface area (TPSA) is 72.8 Å². The predicted molar refractivity (Wildman–Crippen MR) is 134 cm³/mol. The average molecular weight is 489 g/mol. The van der Waals surface area contributed by atoms with Gasteiger partial charge in [0.05, 0.1) is 19.1 Å². The fraction of sp³-hybridized carbons (Fsp3) is 0.933. The summed E-state index contributed by atoms with van der Waals surface area (Å²) in [7, 11) is 0. The zero-order chi connectivity index (χ0) is 25.0. The number of hydrogen-bond donors (Lipinski definition) is 1. The minimum atomic E-state index is -0.706. The molecule has 5 rings (SSSR count). The van der Waals surface area contributed by atoms with E-state index in [1.54, 1.807) is 0 Å². The number of cyclic esters (lactones) is 1. The number of aliphatic hydroxyl groups excluding tert-OH is 1. The van der Waals surface area contributed by atoms with Gasteiger partial charge in [0.1, 0.15) is 5.60 Å². The molecule has 2 unspecified atom stereocenters. The van der Waals surface area contributed by atoms with Crippen LogP contribution in [0, 0.1) is 46.3 Å². The van der Waals surface area contributed by atoms with Gasteiger partial charge >= 0.3 is 11.9 Å². The van der Waals surface area contributed by atoms with Gasteiger partial charge in [0.2, 0.25) is 0 Å². The van der Waals surface area contributed by atoms with E-state index in [9.17, 15) is 14.7 Å². The van der Waals surface area contributed by atoms with Crippen molar-refractivity contribution in [1.29, 1.82) is 0 Å². The lowest BCUT2D eigenvalue weighted by molar-refractivity contribution is -0.175. The third-order valence-electron chi connectivity index (χ3n) is 12.0. The van der Waals surface area contributed by atoms with E-state index in [4.69, 9.17) is 9.47 Å². The van der Waals surface area contributed by atoms with Crippen molar-refractivity contribution in [3.05, 3.63) is 0 Å². The lowest BCUT2D eigenvalue weighted by Gasteiger charge is -2.61. The minimum absolute atomic E-state index is 0.0728. The van der Waals surface area contributed by atoms with Crippen molar-refractivity contribution in [2.75, 3.05) is 6.61 Å². The average Bonchev–Trinajstić information content (AvgIpc) is 3.15. The van der Waals surface area contributed by atoms with Crippen LogP contribution in [0.3, 0.4) is 0 Å². The fourth-order valence-electron chi connectivity index (χ4n) is 10.00. The number of ether oxygens (including phenoxy) is 2. The number of fused-ring (bicyclic) bond motifs is 5. The summed E-state index contributed by atoms with van der Waals surface area (Å²) in [6, 6.07) is 0. The second-order valence-corrected chi connectivity index (χ2v) is 13.9. The van der Waals surface area contributed by atoms with Crippen LogP contribution in [0.4, 0.5) is 0 Å². The van der Waals surface area contributed by atoms with Crippen LogP contribution in [-0.2, 0) is 19.1 Å². The Morgan fingerprint density at radius 3 is 2.54 bits per heavy atom. The molecule has 198 valence electrons. The van der Waals surface area contributed by atoms with Crippen molar-refractivity contribution in [1.82, 2.24) is 0 Å². The smallest absolute Gasteiger partial charge is 0.309 e. The molecule has 4 saturated carbocycles. The maximum absolute atomic E-state index is 12.7. The van der Waals surface area contributed by atoms with Crippen LogP contribution in [0.15, 0.2) is 0 Å². The summed E-state index contributed by atoms with van der Waals surface area (Å²) in [5, 5.41) is 10.3. The second-order valence-electron chi connectivity index (χ2n) is 13.9. The number of carbonyl (C=O) groups excluding carboxylic acids is 2. The largest absolute Gasteiger partial charge is 0.465 e. The zero-order valence-corrected chi connectivity index (χ0v) is 22.5. The van der Waals surface area contributed by atoms with E-state index < -0.39 is 5.60 Å². The molecule has 1 heterocycles. The molecule has 5 fully saturated rings. The summed E-state index contributed by atoms with van der Waals surface area (Å²) in [4.78, 5) is 24.4. The molecule has 5 aliphatic rings. The van der Waals surface area contributed by atoms with Crippen LogP contribution in [-0.4, -0.2) is 35.4 Å². The van der Waals surface area contributed by atoms with Gasteiger partial charge in [-0.15, -0.1) is 0 Å². The SMILES string of the molecule is C[C@H](CCC(=O)OC1(C)CCOC(=O)C1)[C@H]1CC[C@H]2[C@@H]3CCC4C[C@H](O)CC[C@]4(C)[C@H]3CC[C@]12C. The van der Waals surface area contributed by atoms with Crippen molar-refractivity contribution in [3.63, 3.8) is 0 Å². The third-order valence-corrected chi connectivity index (χ3v) is 12.0. The second kappa shape index (κ2) is 9.33. The Bertz CT molecular complexity index is 826.